The van der Waals surface area contributed by atoms with Crippen molar-refractivity contribution in [2.24, 2.45) is 16.3 Å². The molecular formula is C30H37ClN3O2+. The van der Waals surface area contributed by atoms with Crippen LogP contribution in [0.5, 0.6) is 0 Å². The van der Waals surface area contributed by atoms with Gasteiger partial charge in [-0.25, -0.2) is 0 Å². The second-order valence-electron chi connectivity index (χ2n) is 11.1. The summed E-state index contributed by atoms with van der Waals surface area (Å²) in [4.78, 5) is 33.1. The van der Waals surface area contributed by atoms with E-state index in [2.05, 4.69) is 33.0 Å². The fourth-order valence-electron chi connectivity index (χ4n) is 5.47. The Balaban J connectivity index is 1.54. The number of amides is 2. The molecule has 0 bridgehead atoms. The van der Waals surface area contributed by atoms with Gasteiger partial charge in [-0.3, -0.25) is 14.6 Å². The third-order valence-corrected chi connectivity index (χ3v) is 8.04. The van der Waals surface area contributed by atoms with Gasteiger partial charge in [-0.15, -0.1) is 0 Å². The lowest BCUT2D eigenvalue weighted by molar-refractivity contribution is -0.129. The number of rotatable bonds is 7. The van der Waals surface area contributed by atoms with Crippen molar-refractivity contribution in [3.05, 3.63) is 77.2 Å². The molecule has 36 heavy (non-hydrogen) atoms. The molecule has 2 amide bonds. The van der Waals surface area contributed by atoms with Gasteiger partial charge in [0.15, 0.2) is 0 Å². The second kappa shape index (κ2) is 10.7. The predicted octanol–water partition coefficient (Wildman–Crippen LogP) is 6.10. The molecule has 0 radical (unpaired) electrons. The molecule has 2 aliphatic rings. The van der Waals surface area contributed by atoms with Crippen molar-refractivity contribution in [2.75, 3.05) is 13.1 Å². The van der Waals surface area contributed by atoms with Crippen LogP contribution in [0.15, 0.2) is 53.5 Å². The molecule has 0 aromatic heterocycles. The van der Waals surface area contributed by atoms with Gasteiger partial charge in [0.25, 0.3) is 11.8 Å². The molecule has 2 aromatic carbocycles. The van der Waals surface area contributed by atoms with Crippen LogP contribution in [-0.4, -0.2) is 41.2 Å². The molecule has 2 aromatic rings. The maximum atomic E-state index is 13.8. The lowest BCUT2D eigenvalue weighted by Crippen LogP contribution is -2.50. The summed E-state index contributed by atoms with van der Waals surface area (Å²) >= 11 is 6.48. The minimum Gasteiger partial charge on any atom is -0.348 e. The number of aliphatic imine (C=N–C) groups is 1. The van der Waals surface area contributed by atoms with Gasteiger partial charge in [0.1, 0.15) is 17.8 Å². The van der Waals surface area contributed by atoms with Crippen LogP contribution in [0.2, 0.25) is 5.02 Å². The first-order valence-corrected chi connectivity index (χ1v) is 13.4. The molecule has 4 rings (SSSR count). The van der Waals surface area contributed by atoms with Crippen LogP contribution in [0.4, 0.5) is 0 Å². The van der Waals surface area contributed by atoms with E-state index in [-0.39, 0.29) is 17.2 Å². The monoisotopic (exact) mass is 506 g/mol. The fraction of sp³-hybridized carbons (Fsp3) is 0.467. The fourth-order valence-corrected chi connectivity index (χ4v) is 5.69. The predicted molar refractivity (Wildman–Crippen MR) is 146 cm³/mol. The average molecular weight is 507 g/mol. The van der Waals surface area contributed by atoms with Crippen LogP contribution in [-0.2, 0) is 11.2 Å². The van der Waals surface area contributed by atoms with Crippen LogP contribution in [0, 0.1) is 18.3 Å². The van der Waals surface area contributed by atoms with Gasteiger partial charge >= 0.3 is 0 Å². The quantitative estimate of drug-likeness (QED) is 0.461. The molecule has 0 unspecified atom stereocenters. The molecule has 1 fully saturated rings. The molecule has 1 aliphatic carbocycles. The minimum absolute atomic E-state index is 0.0403. The number of nitrogens with one attached hydrogen (secondary N) is 1. The normalized spacial score (nSPS) is 22.1. The Morgan fingerprint density at radius 2 is 1.81 bits per heavy atom. The number of hydrogen-bond donors (Lipinski definition) is 1. The molecule has 1 aliphatic heterocycles. The maximum absolute atomic E-state index is 13.8. The van der Waals surface area contributed by atoms with Gasteiger partial charge in [-0.2, -0.15) is 0 Å². The summed E-state index contributed by atoms with van der Waals surface area (Å²) < 4.78 is 0. The van der Waals surface area contributed by atoms with E-state index in [9.17, 15) is 9.59 Å². The summed E-state index contributed by atoms with van der Waals surface area (Å²) in [7, 11) is 0. The molecular weight excluding hydrogens is 470 g/mol. The summed E-state index contributed by atoms with van der Waals surface area (Å²) in [6.07, 6.45) is 5.17. The molecule has 1 saturated carbocycles. The van der Waals surface area contributed by atoms with E-state index in [1.165, 1.54) is 0 Å². The van der Waals surface area contributed by atoms with Crippen LogP contribution < -0.4 is 5.32 Å². The number of hydrogen-bond acceptors (Lipinski definition) is 3. The van der Waals surface area contributed by atoms with Crippen LogP contribution >= 0.6 is 11.6 Å². The highest BCUT2D eigenvalue weighted by atomic mass is 35.5. The first kappa shape index (κ1) is 26.3. The van der Waals surface area contributed by atoms with E-state index in [0.717, 1.165) is 31.2 Å². The third kappa shape index (κ3) is 5.46. The third-order valence-electron chi connectivity index (χ3n) is 7.71. The summed E-state index contributed by atoms with van der Waals surface area (Å²) in [6, 6.07) is 15.1. The average Bonchev–Trinajstić information content (AvgIpc) is 3.12. The van der Waals surface area contributed by atoms with E-state index in [1.54, 1.807) is 0 Å². The molecule has 1 heterocycles. The Bertz CT molecular complexity index is 1130. The van der Waals surface area contributed by atoms with Gasteiger partial charge in [-0.05, 0) is 67.2 Å². The zero-order valence-corrected chi connectivity index (χ0v) is 22.4. The molecule has 6 heteroatoms. The van der Waals surface area contributed by atoms with Gasteiger partial charge in [0.05, 0.1) is 18.5 Å². The van der Waals surface area contributed by atoms with Crippen molar-refractivity contribution in [1.82, 2.24) is 10.2 Å². The van der Waals surface area contributed by atoms with Crippen molar-refractivity contribution < 1.29 is 9.59 Å². The van der Waals surface area contributed by atoms with Crippen LogP contribution in [0.25, 0.3) is 0 Å². The van der Waals surface area contributed by atoms with Crippen molar-refractivity contribution >= 4 is 29.1 Å². The highest BCUT2D eigenvalue weighted by Crippen LogP contribution is 2.46. The lowest BCUT2D eigenvalue weighted by Gasteiger charge is -2.45. The van der Waals surface area contributed by atoms with E-state index >= 15 is 0 Å². The number of benzene rings is 2. The highest BCUT2D eigenvalue weighted by Gasteiger charge is 2.50. The minimum atomic E-state index is -0.513. The number of carbonyl (C=O) groups is 2. The Kier molecular flexibility index (Phi) is 7.79. The molecule has 190 valence electrons. The van der Waals surface area contributed by atoms with Crippen molar-refractivity contribution in [1.29, 1.82) is 0 Å². The molecule has 0 saturated heterocycles. The van der Waals surface area contributed by atoms with Crippen molar-refractivity contribution in [3.63, 3.8) is 0 Å². The SMILES string of the molecule is [CH2+]CCNC(=O)c1ccc(CCN2C(=O)C(c3ccccc3Cl)=NC23CCC(C(C)(C)C)CC3)cc1. The van der Waals surface area contributed by atoms with Crippen LogP contribution in [0.1, 0.15) is 74.4 Å². The van der Waals surface area contributed by atoms with Gasteiger partial charge in [0.2, 0.25) is 0 Å². The summed E-state index contributed by atoms with van der Waals surface area (Å²) in [6.45, 7) is 11.8. The van der Waals surface area contributed by atoms with Gasteiger partial charge in [-0.1, -0.05) is 62.7 Å². The molecule has 1 spiro atoms. The smallest absolute Gasteiger partial charge is 0.274 e. The standard InChI is InChI=1S/C30H36ClN3O2/c1-5-19-32-27(35)22-12-10-21(11-13-22)16-20-34-28(36)26(24-8-6-7-9-25(24)31)33-30(34)17-14-23(15-18-30)29(2,3)4/h6-13,23H,1,5,14-20H2,2-4H3/p+1. The number of carbonyl (C=O) groups excluding carboxylic acids is 2. The molecule has 1 N–H and O–H groups in total. The second-order valence-corrected chi connectivity index (χ2v) is 11.5. The largest absolute Gasteiger partial charge is 0.348 e. The van der Waals surface area contributed by atoms with E-state index in [4.69, 9.17) is 16.6 Å². The van der Waals surface area contributed by atoms with Gasteiger partial charge < -0.3 is 10.2 Å². The summed E-state index contributed by atoms with van der Waals surface area (Å²) in [5.41, 5.74) is 2.63. The Morgan fingerprint density at radius 3 is 2.42 bits per heavy atom. The summed E-state index contributed by atoms with van der Waals surface area (Å²) in [5, 5.41) is 3.40. The number of halogens is 1. The van der Waals surface area contributed by atoms with E-state index in [1.807, 2.05) is 53.4 Å². The first-order chi connectivity index (χ1) is 17.1. The van der Waals surface area contributed by atoms with Crippen molar-refractivity contribution in [3.8, 4) is 0 Å². The molecule has 5 nitrogen and oxygen atoms in total. The Morgan fingerprint density at radius 1 is 1.14 bits per heavy atom. The number of nitrogens with zero attached hydrogens (tertiary/aromatic N) is 2. The zero-order valence-electron chi connectivity index (χ0n) is 21.6. The Hall–Kier alpha value is -2.79. The summed E-state index contributed by atoms with van der Waals surface area (Å²) in [5.74, 6) is 0.482. The highest BCUT2D eigenvalue weighted by molar-refractivity contribution is 6.50. The van der Waals surface area contributed by atoms with E-state index in [0.29, 0.717) is 53.7 Å². The van der Waals surface area contributed by atoms with Gasteiger partial charge in [0, 0.05) is 17.7 Å². The topological polar surface area (TPSA) is 61.8 Å². The lowest BCUT2D eigenvalue weighted by atomic mass is 9.69. The first-order valence-electron chi connectivity index (χ1n) is 13.0. The zero-order chi connectivity index (χ0) is 25.9. The maximum Gasteiger partial charge on any atom is 0.274 e. The van der Waals surface area contributed by atoms with E-state index < -0.39 is 5.66 Å². The Labute approximate surface area is 220 Å². The molecule has 0 atom stereocenters. The van der Waals surface area contributed by atoms with Crippen LogP contribution in [0.3, 0.4) is 0 Å². The van der Waals surface area contributed by atoms with Crippen molar-refractivity contribution in [2.45, 2.75) is 65.0 Å².